The molecule has 3 aromatic carbocycles. The molecule has 0 fully saturated rings. The summed E-state index contributed by atoms with van der Waals surface area (Å²) in [6.07, 6.45) is 0.438. The highest BCUT2D eigenvalue weighted by atomic mass is 79.9. The Hall–Kier alpha value is -2.19. The molecular formula is C21H15BrO. The van der Waals surface area contributed by atoms with E-state index in [0.29, 0.717) is 6.42 Å². The Morgan fingerprint density at radius 1 is 0.826 bits per heavy atom. The number of hydrogen-bond acceptors (Lipinski definition) is 1. The van der Waals surface area contributed by atoms with Crippen molar-refractivity contribution in [3.05, 3.63) is 95.1 Å². The maximum absolute atomic E-state index is 12.4. The van der Waals surface area contributed by atoms with Crippen molar-refractivity contribution < 1.29 is 4.79 Å². The van der Waals surface area contributed by atoms with Crippen LogP contribution in [-0.2, 0) is 6.42 Å². The average Bonchev–Trinajstić information content (AvgIpc) is 2.89. The topological polar surface area (TPSA) is 17.1 Å². The van der Waals surface area contributed by atoms with E-state index in [-0.39, 0.29) is 10.6 Å². The van der Waals surface area contributed by atoms with Crippen molar-refractivity contribution in [1.29, 1.82) is 0 Å². The van der Waals surface area contributed by atoms with Gasteiger partial charge in [0.1, 0.15) is 0 Å². The Balaban J connectivity index is 1.66. The fraction of sp³-hybridized carbons (Fsp3) is 0.0952. The summed E-state index contributed by atoms with van der Waals surface area (Å²) < 4.78 is 0. The van der Waals surface area contributed by atoms with Crippen molar-refractivity contribution in [3.8, 4) is 11.1 Å². The minimum atomic E-state index is 0.159. The summed E-state index contributed by atoms with van der Waals surface area (Å²) in [5.41, 5.74) is 6.93. The molecule has 0 radical (unpaired) electrons. The number of benzene rings is 3. The molecule has 0 N–H and O–H groups in total. The monoisotopic (exact) mass is 362 g/mol. The number of Topliss-reactive ketones (excluding diaryl/α,β-unsaturated/α-hetero) is 1. The van der Waals surface area contributed by atoms with Crippen LogP contribution >= 0.6 is 15.9 Å². The largest absolute Gasteiger partial charge is 0.294 e. The first-order chi connectivity index (χ1) is 11.2. The first-order valence-electron chi connectivity index (χ1n) is 7.68. The zero-order chi connectivity index (χ0) is 15.8. The van der Waals surface area contributed by atoms with Gasteiger partial charge < -0.3 is 0 Å². The molecule has 1 aliphatic carbocycles. The molecule has 4 rings (SSSR count). The Morgan fingerprint density at radius 2 is 1.52 bits per heavy atom. The van der Waals surface area contributed by atoms with Gasteiger partial charge in [0.05, 0.1) is 4.83 Å². The van der Waals surface area contributed by atoms with Gasteiger partial charge >= 0.3 is 0 Å². The van der Waals surface area contributed by atoms with Crippen molar-refractivity contribution in [3.63, 3.8) is 0 Å². The number of ketones is 1. The summed E-state index contributed by atoms with van der Waals surface area (Å²) in [7, 11) is 0. The van der Waals surface area contributed by atoms with Crippen molar-refractivity contribution >= 4 is 21.7 Å². The lowest BCUT2D eigenvalue weighted by Gasteiger charge is -2.07. The number of fused-ring (bicyclic) bond motifs is 3. The zero-order valence-corrected chi connectivity index (χ0v) is 14.1. The Morgan fingerprint density at radius 3 is 2.35 bits per heavy atom. The van der Waals surface area contributed by atoms with Crippen LogP contribution in [0.15, 0.2) is 72.8 Å². The number of alkyl halides is 1. The fourth-order valence-corrected chi connectivity index (χ4v) is 4.00. The van der Waals surface area contributed by atoms with Gasteiger partial charge in [0.25, 0.3) is 0 Å². The highest BCUT2D eigenvalue weighted by Crippen LogP contribution is 2.48. The normalized spacial score (nSPS) is 15.1. The maximum atomic E-state index is 12.4. The molecule has 0 spiro atoms. The minimum absolute atomic E-state index is 0.159. The number of hydrogen-bond donors (Lipinski definition) is 0. The number of carbonyl (C=O) groups is 1. The highest BCUT2D eigenvalue weighted by molar-refractivity contribution is 9.09. The third-order valence-corrected chi connectivity index (χ3v) is 5.36. The van der Waals surface area contributed by atoms with Gasteiger partial charge in [-0.15, -0.1) is 0 Å². The van der Waals surface area contributed by atoms with Crippen molar-refractivity contribution in [1.82, 2.24) is 0 Å². The predicted octanol–water partition coefficient (Wildman–Crippen LogP) is 5.58. The second-order valence-electron chi connectivity index (χ2n) is 5.84. The quantitative estimate of drug-likeness (QED) is 0.439. The number of halogens is 1. The molecule has 1 unspecified atom stereocenters. The van der Waals surface area contributed by atoms with Gasteiger partial charge in [-0.2, -0.15) is 0 Å². The Bertz CT molecular complexity index is 883. The van der Waals surface area contributed by atoms with E-state index < -0.39 is 0 Å². The van der Waals surface area contributed by atoms with E-state index in [1.54, 1.807) is 0 Å². The third-order valence-electron chi connectivity index (χ3n) is 4.37. The summed E-state index contributed by atoms with van der Waals surface area (Å²) in [6.45, 7) is 0. The molecule has 1 atom stereocenters. The molecule has 0 heterocycles. The van der Waals surface area contributed by atoms with Crippen LogP contribution < -0.4 is 0 Å². The van der Waals surface area contributed by atoms with Gasteiger partial charge in [-0.25, -0.2) is 0 Å². The lowest BCUT2D eigenvalue weighted by molar-refractivity contribution is 0.0993. The van der Waals surface area contributed by atoms with Crippen LogP contribution in [0.25, 0.3) is 11.1 Å². The summed E-state index contributed by atoms with van der Waals surface area (Å²) in [6, 6.07) is 24.3. The number of rotatable bonds is 3. The van der Waals surface area contributed by atoms with E-state index in [0.717, 1.165) is 11.1 Å². The van der Waals surface area contributed by atoms with Gasteiger partial charge in [-0.05, 0) is 27.8 Å². The van der Waals surface area contributed by atoms with Crippen molar-refractivity contribution in [2.75, 3.05) is 0 Å². The number of carbonyl (C=O) groups excluding carboxylic acids is 1. The highest BCUT2D eigenvalue weighted by Gasteiger charge is 2.26. The van der Waals surface area contributed by atoms with Crippen molar-refractivity contribution in [2.45, 2.75) is 11.2 Å². The summed E-state index contributed by atoms with van der Waals surface area (Å²) in [4.78, 5) is 12.6. The molecule has 0 aromatic heterocycles. The van der Waals surface area contributed by atoms with Gasteiger partial charge in [-0.3, -0.25) is 4.79 Å². The van der Waals surface area contributed by atoms with E-state index in [1.165, 1.54) is 22.3 Å². The van der Waals surface area contributed by atoms with E-state index in [2.05, 4.69) is 58.4 Å². The van der Waals surface area contributed by atoms with Gasteiger partial charge in [0.15, 0.2) is 5.78 Å². The van der Waals surface area contributed by atoms with Gasteiger partial charge in [0, 0.05) is 12.0 Å². The smallest absolute Gasteiger partial charge is 0.167 e. The molecule has 3 aromatic rings. The molecule has 0 aliphatic heterocycles. The molecule has 0 saturated heterocycles. The van der Waals surface area contributed by atoms with E-state index in [4.69, 9.17) is 0 Å². The summed E-state index contributed by atoms with van der Waals surface area (Å²) >= 11 is 3.80. The maximum Gasteiger partial charge on any atom is 0.167 e. The summed E-state index contributed by atoms with van der Waals surface area (Å²) in [5.74, 6) is 0.159. The van der Waals surface area contributed by atoms with Gasteiger partial charge in [-0.1, -0.05) is 88.7 Å². The van der Waals surface area contributed by atoms with Crippen LogP contribution in [0.4, 0.5) is 0 Å². The standard InChI is InChI=1S/C21H15BrO/c22-21-18-9-5-4-8-16(18)17-11-10-14(12-19(17)21)13-20(23)15-6-2-1-3-7-15/h1-12,21H,13H2. The fourth-order valence-electron chi connectivity index (χ4n) is 3.22. The molecule has 23 heavy (non-hydrogen) atoms. The molecular weight excluding hydrogens is 348 g/mol. The Labute approximate surface area is 144 Å². The van der Waals surface area contributed by atoms with Crippen LogP contribution in [0, 0.1) is 0 Å². The molecule has 1 aliphatic rings. The SMILES string of the molecule is O=C(Cc1ccc2c(c1)C(Br)c1ccccc1-2)c1ccccc1. The third kappa shape index (κ3) is 2.53. The molecule has 0 bridgehead atoms. The lowest BCUT2D eigenvalue weighted by Crippen LogP contribution is -2.03. The first-order valence-corrected chi connectivity index (χ1v) is 8.60. The van der Waals surface area contributed by atoms with Gasteiger partial charge in [0.2, 0.25) is 0 Å². The van der Waals surface area contributed by atoms with Crippen LogP contribution in [0.1, 0.15) is 31.9 Å². The molecule has 112 valence electrons. The molecule has 2 heteroatoms. The predicted molar refractivity (Wildman–Crippen MR) is 97.1 cm³/mol. The summed E-state index contributed by atoms with van der Waals surface area (Å²) in [5, 5.41) is 0. The first kappa shape index (κ1) is 14.4. The van der Waals surface area contributed by atoms with Crippen LogP contribution in [-0.4, -0.2) is 5.78 Å². The minimum Gasteiger partial charge on any atom is -0.294 e. The van der Waals surface area contributed by atoms with Crippen LogP contribution in [0.5, 0.6) is 0 Å². The molecule has 1 nitrogen and oxygen atoms in total. The lowest BCUT2D eigenvalue weighted by atomic mass is 9.98. The second kappa shape index (κ2) is 5.78. The van der Waals surface area contributed by atoms with E-state index >= 15 is 0 Å². The molecule has 0 amide bonds. The second-order valence-corrected chi connectivity index (χ2v) is 6.75. The van der Waals surface area contributed by atoms with Crippen LogP contribution in [0.2, 0.25) is 0 Å². The average molecular weight is 363 g/mol. The van der Waals surface area contributed by atoms with E-state index in [1.807, 2.05) is 30.3 Å². The van der Waals surface area contributed by atoms with Crippen LogP contribution in [0.3, 0.4) is 0 Å². The Kier molecular flexibility index (Phi) is 3.62. The van der Waals surface area contributed by atoms with Crippen molar-refractivity contribution in [2.24, 2.45) is 0 Å². The van der Waals surface area contributed by atoms with E-state index in [9.17, 15) is 4.79 Å². The molecule has 0 saturated carbocycles. The zero-order valence-electron chi connectivity index (χ0n) is 12.5.